The van der Waals surface area contributed by atoms with Gasteiger partial charge in [-0.3, -0.25) is 9.78 Å². The number of para-hydroxylation sites is 1. The lowest BCUT2D eigenvalue weighted by Gasteiger charge is -2.30. The Bertz CT molecular complexity index is 836. The number of sulfonamides is 1. The summed E-state index contributed by atoms with van der Waals surface area (Å²) in [5, 5.41) is 2.87. The smallest absolute Gasteiger partial charge is 0.244 e. The van der Waals surface area contributed by atoms with Gasteiger partial charge in [0.2, 0.25) is 15.9 Å². The lowest BCUT2D eigenvalue weighted by atomic mass is 9.97. The van der Waals surface area contributed by atoms with Gasteiger partial charge in [0, 0.05) is 31.4 Å². The molecule has 1 aromatic carbocycles. The van der Waals surface area contributed by atoms with Gasteiger partial charge in [-0.05, 0) is 37.1 Å². The first-order chi connectivity index (χ1) is 13.1. The Hall–Kier alpha value is -2.45. The molecule has 0 saturated carbocycles. The van der Waals surface area contributed by atoms with Crippen LogP contribution in [-0.2, 0) is 14.8 Å². The molecule has 1 fully saturated rings. The Kier molecular flexibility index (Phi) is 6.41. The Balaban J connectivity index is 1.43. The molecule has 1 aliphatic heterocycles. The van der Waals surface area contributed by atoms with Crippen LogP contribution in [0, 0.1) is 5.92 Å². The molecule has 1 N–H and O–H groups in total. The summed E-state index contributed by atoms with van der Waals surface area (Å²) in [6.45, 7) is 1.47. The van der Waals surface area contributed by atoms with Gasteiger partial charge in [-0.1, -0.05) is 18.2 Å². The summed E-state index contributed by atoms with van der Waals surface area (Å²) >= 11 is 0. The van der Waals surface area contributed by atoms with Crippen molar-refractivity contribution in [2.45, 2.75) is 17.7 Å². The molecule has 8 heteroatoms. The molecule has 0 atom stereocenters. The van der Waals surface area contributed by atoms with Crippen molar-refractivity contribution < 1.29 is 17.9 Å². The van der Waals surface area contributed by atoms with Crippen molar-refractivity contribution in [2.24, 2.45) is 5.92 Å². The number of carbonyl (C=O) groups excluding carboxylic acids is 1. The van der Waals surface area contributed by atoms with Gasteiger partial charge in [-0.25, -0.2) is 8.42 Å². The Morgan fingerprint density at radius 3 is 2.56 bits per heavy atom. The van der Waals surface area contributed by atoms with Crippen LogP contribution in [0.4, 0.5) is 0 Å². The Morgan fingerprint density at radius 1 is 1.15 bits per heavy atom. The van der Waals surface area contributed by atoms with Crippen molar-refractivity contribution in [2.75, 3.05) is 26.2 Å². The summed E-state index contributed by atoms with van der Waals surface area (Å²) in [6.07, 6.45) is 3.90. The second kappa shape index (κ2) is 8.96. The van der Waals surface area contributed by atoms with E-state index in [1.807, 2.05) is 30.3 Å². The van der Waals surface area contributed by atoms with Crippen molar-refractivity contribution in [1.82, 2.24) is 14.6 Å². The highest BCUT2D eigenvalue weighted by Crippen LogP contribution is 2.23. The molecule has 0 spiro atoms. The van der Waals surface area contributed by atoms with Crippen molar-refractivity contribution >= 4 is 15.9 Å². The predicted molar refractivity (Wildman–Crippen MR) is 101 cm³/mol. The zero-order valence-electron chi connectivity index (χ0n) is 15.0. The SMILES string of the molecule is O=C(NCCOc1ccccc1)C1CCN(S(=O)(=O)c2cccnc2)CC1. The predicted octanol–water partition coefficient (Wildman–Crippen LogP) is 1.68. The maximum Gasteiger partial charge on any atom is 0.244 e. The number of pyridine rings is 1. The molecule has 3 rings (SSSR count). The summed E-state index contributed by atoms with van der Waals surface area (Å²) < 4.78 is 32.1. The van der Waals surface area contributed by atoms with Crippen LogP contribution in [0.3, 0.4) is 0 Å². The van der Waals surface area contributed by atoms with E-state index in [2.05, 4.69) is 10.3 Å². The minimum atomic E-state index is -3.54. The molecule has 0 bridgehead atoms. The average molecular weight is 389 g/mol. The quantitative estimate of drug-likeness (QED) is 0.728. The average Bonchev–Trinajstić information content (AvgIpc) is 2.72. The van der Waals surface area contributed by atoms with Gasteiger partial charge in [0.1, 0.15) is 17.3 Å². The van der Waals surface area contributed by atoms with Gasteiger partial charge in [0.15, 0.2) is 0 Å². The number of amides is 1. The molecule has 7 nitrogen and oxygen atoms in total. The highest BCUT2D eigenvalue weighted by molar-refractivity contribution is 7.89. The van der Waals surface area contributed by atoms with E-state index in [0.717, 1.165) is 5.75 Å². The minimum absolute atomic E-state index is 0.0508. The molecule has 1 amide bonds. The Morgan fingerprint density at radius 2 is 1.89 bits per heavy atom. The fourth-order valence-electron chi connectivity index (χ4n) is 3.01. The van der Waals surface area contributed by atoms with E-state index < -0.39 is 10.0 Å². The number of carbonyl (C=O) groups is 1. The molecule has 1 saturated heterocycles. The van der Waals surface area contributed by atoms with Crippen molar-refractivity contribution in [3.05, 3.63) is 54.9 Å². The van der Waals surface area contributed by atoms with Crippen molar-refractivity contribution in [3.8, 4) is 5.75 Å². The molecule has 0 aliphatic carbocycles. The molecular weight excluding hydrogens is 366 g/mol. The number of aromatic nitrogens is 1. The van der Waals surface area contributed by atoms with Crippen LogP contribution in [0.2, 0.25) is 0 Å². The van der Waals surface area contributed by atoms with Crippen LogP contribution in [0.5, 0.6) is 5.75 Å². The van der Waals surface area contributed by atoms with Gasteiger partial charge < -0.3 is 10.1 Å². The van der Waals surface area contributed by atoms with Crippen LogP contribution in [0.1, 0.15) is 12.8 Å². The van der Waals surface area contributed by atoms with E-state index in [4.69, 9.17) is 4.74 Å². The third-order valence-corrected chi connectivity index (χ3v) is 6.39. The molecular formula is C19H23N3O4S. The van der Waals surface area contributed by atoms with Gasteiger partial charge >= 0.3 is 0 Å². The van der Waals surface area contributed by atoms with Crippen LogP contribution in [0.15, 0.2) is 59.8 Å². The topological polar surface area (TPSA) is 88.6 Å². The van der Waals surface area contributed by atoms with Crippen LogP contribution in [0.25, 0.3) is 0 Å². The molecule has 27 heavy (non-hydrogen) atoms. The van der Waals surface area contributed by atoms with Gasteiger partial charge in [0.25, 0.3) is 0 Å². The summed E-state index contributed by atoms with van der Waals surface area (Å²) in [6, 6.07) is 12.6. The number of nitrogens with one attached hydrogen (secondary N) is 1. The fraction of sp³-hybridized carbons (Fsp3) is 0.368. The first kappa shape index (κ1) is 19.3. The van der Waals surface area contributed by atoms with Crippen LogP contribution in [-0.4, -0.2) is 49.9 Å². The molecule has 144 valence electrons. The number of rotatable bonds is 7. The standard InChI is InChI=1S/C19H23N3O4S/c23-19(21-11-14-26-17-5-2-1-3-6-17)16-8-12-22(13-9-16)27(24,25)18-7-4-10-20-15-18/h1-7,10,15-16H,8-9,11-14H2,(H,21,23). The molecule has 0 unspecified atom stereocenters. The van der Waals surface area contributed by atoms with Crippen molar-refractivity contribution in [3.63, 3.8) is 0 Å². The maximum absolute atomic E-state index is 12.6. The number of piperidine rings is 1. The zero-order chi connectivity index (χ0) is 19.1. The second-order valence-corrected chi connectivity index (χ2v) is 8.26. The lowest BCUT2D eigenvalue weighted by molar-refractivity contribution is -0.126. The van der Waals surface area contributed by atoms with E-state index in [1.165, 1.54) is 22.8 Å². The summed E-state index contributed by atoms with van der Waals surface area (Å²) in [4.78, 5) is 16.3. The Labute approximate surface area is 159 Å². The summed E-state index contributed by atoms with van der Waals surface area (Å²) in [7, 11) is -3.54. The van der Waals surface area contributed by atoms with Gasteiger partial charge in [-0.2, -0.15) is 4.31 Å². The van der Waals surface area contributed by atoms with E-state index in [1.54, 1.807) is 6.07 Å². The van der Waals surface area contributed by atoms with E-state index in [0.29, 0.717) is 39.1 Å². The normalized spacial score (nSPS) is 16.0. The second-order valence-electron chi connectivity index (χ2n) is 6.32. The first-order valence-corrected chi connectivity index (χ1v) is 10.4. The number of benzene rings is 1. The number of hydrogen-bond donors (Lipinski definition) is 1. The number of ether oxygens (including phenoxy) is 1. The van der Waals surface area contributed by atoms with E-state index in [-0.39, 0.29) is 16.7 Å². The van der Waals surface area contributed by atoms with E-state index >= 15 is 0 Å². The minimum Gasteiger partial charge on any atom is -0.492 e. The first-order valence-electron chi connectivity index (χ1n) is 8.93. The molecule has 1 aliphatic rings. The third-order valence-electron chi connectivity index (χ3n) is 4.51. The molecule has 2 heterocycles. The third kappa shape index (κ3) is 5.05. The monoisotopic (exact) mass is 389 g/mol. The fourth-order valence-corrected chi connectivity index (χ4v) is 4.45. The van der Waals surface area contributed by atoms with Crippen LogP contribution < -0.4 is 10.1 Å². The number of nitrogens with zero attached hydrogens (tertiary/aromatic N) is 2. The molecule has 2 aromatic rings. The largest absolute Gasteiger partial charge is 0.492 e. The van der Waals surface area contributed by atoms with E-state index in [9.17, 15) is 13.2 Å². The maximum atomic E-state index is 12.6. The summed E-state index contributed by atoms with van der Waals surface area (Å²) in [5.74, 6) is 0.535. The van der Waals surface area contributed by atoms with Gasteiger partial charge in [-0.15, -0.1) is 0 Å². The summed E-state index contributed by atoms with van der Waals surface area (Å²) in [5.41, 5.74) is 0. The molecule has 0 radical (unpaired) electrons. The highest BCUT2D eigenvalue weighted by Gasteiger charge is 2.32. The number of hydrogen-bond acceptors (Lipinski definition) is 5. The van der Waals surface area contributed by atoms with Crippen molar-refractivity contribution in [1.29, 1.82) is 0 Å². The molecule has 1 aromatic heterocycles. The van der Waals surface area contributed by atoms with Gasteiger partial charge in [0.05, 0.1) is 6.54 Å². The highest BCUT2D eigenvalue weighted by atomic mass is 32.2. The van der Waals surface area contributed by atoms with Crippen LogP contribution >= 0.6 is 0 Å². The lowest BCUT2D eigenvalue weighted by Crippen LogP contribution is -2.43. The zero-order valence-corrected chi connectivity index (χ0v) is 15.8.